The predicted molar refractivity (Wildman–Crippen MR) is 100 cm³/mol. The van der Waals surface area contributed by atoms with E-state index in [1.165, 1.54) is 22.2 Å². The van der Waals surface area contributed by atoms with Crippen LogP contribution < -0.4 is 0 Å². The van der Waals surface area contributed by atoms with Crippen LogP contribution in [0.5, 0.6) is 0 Å². The monoisotopic (exact) mass is 315 g/mol. The van der Waals surface area contributed by atoms with E-state index in [1.54, 1.807) is 0 Å². The number of fused-ring (bicyclic) bond motifs is 1. The fourth-order valence-electron chi connectivity index (χ4n) is 3.00. The molecule has 3 aromatic rings. The zero-order chi connectivity index (χ0) is 16.9. The van der Waals surface area contributed by atoms with Crippen LogP contribution in [0.2, 0.25) is 0 Å². The van der Waals surface area contributed by atoms with Gasteiger partial charge in [0.2, 0.25) is 0 Å². The Bertz CT molecular complexity index is 878. The Balaban J connectivity index is 1.82. The molecule has 24 heavy (non-hydrogen) atoms. The molecule has 1 heterocycles. The lowest BCUT2D eigenvalue weighted by Gasteiger charge is -2.08. The van der Waals surface area contributed by atoms with E-state index >= 15 is 0 Å². The van der Waals surface area contributed by atoms with Gasteiger partial charge in [0.25, 0.3) is 0 Å². The van der Waals surface area contributed by atoms with Crippen molar-refractivity contribution in [3.05, 3.63) is 83.4 Å². The lowest BCUT2D eigenvalue weighted by molar-refractivity contribution is 0.785. The van der Waals surface area contributed by atoms with Crippen molar-refractivity contribution in [2.45, 2.75) is 39.7 Å². The molecule has 0 N–H and O–H groups in total. The number of unbranched alkanes of at least 4 members (excludes halogenated alkanes) is 1. The summed E-state index contributed by atoms with van der Waals surface area (Å²) in [6.45, 7) is 8.61. The number of nitrogens with zero attached hydrogens (tertiary/aromatic N) is 2. The zero-order valence-electron chi connectivity index (χ0n) is 14.5. The van der Waals surface area contributed by atoms with Crippen molar-refractivity contribution in [1.82, 2.24) is 9.55 Å². The third-order valence-corrected chi connectivity index (χ3v) is 4.36. The summed E-state index contributed by atoms with van der Waals surface area (Å²) in [7, 11) is 0. The number of rotatable bonds is 6. The van der Waals surface area contributed by atoms with Gasteiger partial charge in [-0.2, -0.15) is 0 Å². The van der Waals surface area contributed by atoms with Gasteiger partial charge in [-0.15, -0.1) is 5.73 Å². The van der Waals surface area contributed by atoms with Crippen LogP contribution in [0, 0.1) is 19.9 Å². The molecule has 0 spiro atoms. The molecule has 2 aromatic carbocycles. The van der Waals surface area contributed by atoms with Crippen LogP contribution in [0.4, 0.5) is 0 Å². The minimum atomic E-state index is 0.862. The molecule has 1 radical (unpaired) electrons. The van der Waals surface area contributed by atoms with E-state index in [-0.39, 0.29) is 0 Å². The van der Waals surface area contributed by atoms with Crippen molar-refractivity contribution in [2.24, 2.45) is 0 Å². The van der Waals surface area contributed by atoms with Crippen LogP contribution in [0.25, 0.3) is 11.0 Å². The molecule has 0 saturated carbocycles. The van der Waals surface area contributed by atoms with Crippen molar-refractivity contribution in [3.8, 4) is 0 Å². The van der Waals surface area contributed by atoms with Gasteiger partial charge in [0.1, 0.15) is 5.82 Å². The van der Waals surface area contributed by atoms with E-state index in [9.17, 15) is 0 Å². The highest BCUT2D eigenvalue weighted by molar-refractivity contribution is 5.77. The van der Waals surface area contributed by atoms with Crippen molar-refractivity contribution in [3.63, 3.8) is 0 Å². The average Bonchev–Trinajstić information content (AvgIpc) is 2.89. The molecule has 121 valence electrons. The Hall–Kier alpha value is -2.57. The third kappa shape index (κ3) is 3.67. The molecule has 0 bridgehead atoms. The van der Waals surface area contributed by atoms with Crippen LogP contribution >= 0.6 is 0 Å². The number of benzene rings is 2. The second kappa shape index (κ2) is 7.33. The van der Waals surface area contributed by atoms with Gasteiger partial charge in [0, 0.05) is 12.6 Å². The highest BCUT2D eigenvalue weighted by Gasteiger charge is 2.08. The number of allylic oxidation sites excluding steroid dienone is 1. The molecule has 0 unspecified atom stereocenters. The molecule has 1 aromatic heterocycles. The molecule has 2 nitrogen and oxygen atoms in total. The third-order valence-electron chi connectivity index (χ3n) is 4.36. The van der Waals surface area contributed by atoms with Gasteiger partial charge in [-0.1, -0.05) is 42.5 Å². The van der Waals surface area contributed by atoms with Crippen LogP contribution in [-0.4, -0.2) is 9.55 Å². The van der Waals surface area contributed by atoms with Crippen molar-refractivity contribution >= 4 is 11.0 Å². The lowest BCUT2D eigenvalue weighted by atomic mass is 10.1. The maximum Gasteiger partial charge on any atom is 0.107 e. The molecular weight excluding hydrogens is 292 g/mol. The maximum atomic E-state index is 4.76. The molecule has 0 aliphatic carbocycles. The summed E-state index contributed by atoms with van der Waals surface area (Å²) in [4.78, 5) is 4.76. The highest BCUT2D eigenvalue weighted by Crippen LogP contribution is 2.20. The number of aryl methyl sites for hydroxylation is 3. The van der Waals surface area contributed by atoms with E-state index in [2.05, 4.69) is 79.3 Å². The lowest BCUT2D eigenvalue weighted by Crippen LogP contribution is -2.01. The number of hydrogen-bond acceptors (Lipinski definition) is 1. The second-order valence-corrected chi connectivity index (χ2v) is 6.26. The zero-order valence-corrected chi connectivity index (χ0v) is 14.5. The van der Waals surface area contributed by atoms with Gasteiger partial charge < -0.3 is 4.57 Å². The molecule has 3 rings (SSSR count). The summed E-state index contributed by atoms with van der Waals surface area (Å²) in [5.74, 6) is 1.06. The predicted octanol–water partition coefficient (Wildman–Crippen LogP) is 5.17. The Morgan fingerprint density at radius 1 is 1.04 bits per heavy atom. The Morgan fingerprint density at radius 3 is 2.54 bits per heavy atom. The van der Waals surface area contributed by atoms with E-state index in [0.717, 1.165) is 37.1 Å². The van der Waals surface area contributed by atoms with Gasteiger partial charge >= 0.3 is 0 Å². The first-order chi connectivity index (χ1) is 11.7. The number of hydrogen-bond donors (Lipinski definition) is 0. The molecule has 0 aliphatic heterocycles. The normalized spacial score (nSPS) is 10.8. The summed E-state index contributed by atoms with van der Waals surface area (Å²) < 4.78 is 2.29. The molecular formula is C22H23N2. The van der Waals surface area contributed by atoms with Crippen LogP contribution in [0.3, 0.4) is 0 Å². The topological polar surface area (TPSA) is 17.8 Å². The first kappa shape index (κ1) is 16.3. The smallest absolute Gasteiger partial charge is 0.107 e. The fraction of sp³-hybridized carbons (Fsp3) is 0.273. The molecule has 0 aliphatic rings. The summed E-state index contributed by atoms with van der Waals surface area (Å²) in [5, 5.41) is 0. The van der Waals surface area contributed by atoms with Gasteiger partial charge in [0.15, 0.2) is 0 Å². The van der Waals surface area contributed by atoms with Crippen LogP contribution in [0.15, 0.2) is 54.8 Å². The first-order valence-electron chi connectivity index (χ1n) is 8.43. The molecule has 0 amide bonds. The van der Waals surface area contributed by atoms with Gasteiger partial charge in [-0.3, -0.25) is 0 Å². The van der Waals surface area contributed by atoms with E-state index in [4.69, 9.17) is 4.98 Å². The average molecular weight is 315 g/mol. The van der Waals surface area contributed by atoms with Gasteiger partial charge in [-0.25, -0.2) is 4.98 Å². The Labute approximate surface area is 144 Å². The minimum absolute atomic E-state index is 0.862. The maximum absolute atomic E-state index is 4.76. The van der Waals surface area contributed by atoms with E-state index in [1.807, 2.05) is 0 Å². The number of imidazole rings is 1. The quantitative estimate of drug-likeness (QED) is 0.453. The summed E-state index contributed by atoms with van der Waals surface area (Å²) in [5.41, 5.74) is 8.91. The SMILES string of the molecule is C=C=[C]CCCc1ccc2c(c1)nc(C)n2Cc1ccc(C)cc1. The van der Waals surface area contributed by atoms with Crippen molar-refractivity contribution < 1.29 is 0 Å². The highest BCUT2D eigenvalue weighted by atomic mass is 15.1. The summed E-state index contributed by atoms with van der Waals surface area (Å²) in [6.07, 6.45) is 6.03. The fourth-order valence-corrected chi connectivity index (χ4v) is 3.00. The van der Waals surface area contributed by atoms with E-state index in [0.29, 0.717) is 0 Å². The Morgan fingerprint density at radius 2 is 1.79 bits per heavy atom. The minimum Gasteiger partial charge on any atom is -0.324 e. The van der Waals surface area contributed by atoms with Crippen molar-refractivity contribution in [2.75, 3.05) is 0 Å². The van der Waals surface area contributed by atoms with Crippen LogP contribution in [0.1, 0.15) is 35.4 Å². The summed E-state index contributed by atoms with van der Waals surface area (Å²) >= 11 is 0. The van der Waals surface area contributed by atoms with Gasteiger partial charge in [0.05, 0.1) is 11.0 Å². The largest absolute Gasteiger partial charge is 0.324 e. The van der Waals surface area contributed by atoms with E-state index < -0.39 is 0 Å². The second-order valence-electron chi connectivity index (χ2n) is 6.26. The molecule has 0 fully saturated rings. The standard InChI is InChI=1S/C22H23N2/c1-4-5-6-7-8-19-13-14-22-21(15-19)23-18(3)24(22)16-20-11-9-17(2)10-12-20/h9-15H,1,6-8,16H2,2-3H3. The van der Waals surface area contributed by atoms with Crippen LogP contribution in [-0.2, 0) is 13.0 Å². The first-order valence-corrected chi connectivity index (χ1v) is 8.43. The van der Waals surface area contributed by atoms with Crippen molar-refractivity contribution in [1.29, 1.82) is 0 Å². The molecule has 0 atom stereocenters. The number of aromatic nitrogens is 2. The summed E-state index contributed by atoms with van der Waals surface area (Å²) in [6, 6.07) is 15.3. The molecule has 2 heteroatoms. The van der Waals surface area contributed by atoms with Gasteiger partial charge in [-0.05, 0) is 56.4 Å². The molecule has 0 saturated heterocycles. The Kier molecular flexibility index (Phi) is 4.98.